The lowest BCUT2D eigenvalue weighted by molar-refractivity contribution is -0.137. The molecule has 2 rings (SSSR count). The number of nitrogens with zero attached hydrogens (tertiary/aromatic N) is 1. The van der Waals surface area contributed by atoms with Crippen molar-refractivity contribution in [1.82, 2.24) is 0 Å². The molecule has 0 aliphatic rings. The van der Waals surface area contributed by atoms with Crippen molar-refractivity contribution in [3.63, 3.8) is 0 Å². The van der Waals surface area contributed by atoms with E-state index in [2.05, 4.69) is 5.32 Å². The first-order valence-corrected chi connectivity index (χ1v) is 7.79. The highest BCUT2D eigenvalue weighted by atomic mass is 19.4. The van der Waals surface area contributed by atoms with E-state index in [0.29, 0.717) is 5.69 Å². The highest BCUT2D eigenvalue weighted by Gasteiger charge is 2.34. The molecule has 0 aromatic heterocycles. The maximum Gasteiger partial charge on any atom is 0.418 e. The van der Waals surface area contributed by atoms with Crippen LogP contribution < -0.4 is 20.7 Å². The van der Waals surface area contributed by atoms with Crippen molar-refractivity contribution in [1.29, 1.82) is 0 Å². The Morgan fingerprint density at radius 2 is 1.74 bits per heavy atom. The van der Waals surface area contributed by atoms with Crippen LogP contribution >= 0.6 is 0 Å². The molecular weight excluding hydrogens is 363 g/mol. The number of anilines is 2. The zero-order chi connectivity index (χ0) is 20.2. The summed E-state index contributed by atoms with van der Waals surface area (Å²) in [5.41, 5.74) is 4.42. The van der Waals surface area contributed by atoms with E-state index < -0.39 is 30.2 Å². The van der Waals surface area contributed by atoms with Crippen LogP contribution in [-0.2, 0) is 11.0 Å². The highest BCUT2D eigenvalue weighted by Crippen LogP contribution is 2.37. The highest BCUT2D eigenvalue weighted by molar-refractivity contribution is 5.93. The van der Waals surface area contributed by atoms with Crippen molar-refractivity contribution in [3.05, 3.63) is 53.6 Å². The molecule has 0 fully saturated rings. The first-order chi connectivity index (χ1) is 12.6. The molecule has 6 nitrogen and oxygen atoms in total. The summed E-state index contributed by atoms with van der Waals surface area (Å²) >= 11 is 0. The molecule has 0 unspecified atom stereocenters. The molecule has 9 heteroatoms. The molecule has 2 aromatic rings. The summed E-state index contributed by atoms with van der Waals surface area (Å²) in [5.74, 6) is -1.09. The molecule has 0 aliphatic carbocycles. The van der Waals surface area contributed by atoms with Gasteiger partial charge in [-0.2, -0.15) is 13.2 Å². The summed E-state index contributed by atoms with van der Waals surface area (Å²) in [4.78, 5) is 24.5. The lowest BCUT2D eigenvalue weighted by Gasteiger charge is -2.18. The Bertz CT molecular complexity index is 834. The number of nitrogens with two attached hydrogens (primary N) is 1. The summed E-state index contributed by atoms with van der Waals surface area (Å²) < 4.78 is 45.0. The number of hydrogen-bond donors (Lipinski definition) is 2. The maximum atomic E-state index is 13.3. The molecule has 0 heterocycles. The van der Waals surface area contributed by atoms with E-state index in [9.17, 15) is 22.8 Å². The van der Waals surface area contributed by atoms with Gasteiger partial charge in [0.1, 0.15) is 5.75 Å². The second kappa shape index (κ2) is 7.98. The topological polar surface area (TPSA) is 84.7 Å². The molecule has 0 radical (unpaired) electrons. The van der Waals surface area contributed by atoms with E-state index in [1.807, 2.05) is 0 Å². The second-order valence-corrected chi connectivity index (χ2v) is 5.85. The molecule has 0 saturated heterocycles. The predicted octanol–water partition coefficient (Wildman–Crippen LogP) is 2.89. The molecule has 2 amide bonds. The summed E-state index contributed by atoms with van der Waals surface area (Å²) in [6, 6.07) is 9.31. The number of halogens is 3. The van der Waals surface area contributed by atoms with Gasteiger partial charge in [-0.25, -0.2) is 0 Å². The fourth-order valence-corrected chi connectivity index (χ4v) is 2.20. The third-order valence-corrected chi connectivity index (χ3v) is 3.61. The summed E-state index contributed by atoms with van der Waals surface area (Å²) in [6.45, 7) is -0.497. The van der Waals surface area contributed by atoms with Crippen LogP contribution in [0.4, 0.5) is 24.5 Å². The average molecular weight is 381 g/mol. The van der Waals surface area contributed by atoms with E-state index in [1.54, 1.807) is 14.1 Å². The summed E-state index contributed by atoms with van der Waals surface area (Å²) in [6.07, 6.45) is -4.62. The van der Waals surface area contributed by atoms with E-state index in [4.69, 9.17) is 10.5 Å². The second-order valence-electron chi connectivity index (χ2n) is 5.85. The molecule has 0 aliphatic heterocycles. The largest absolute Gasteiger partial charge is 0.484 e. The Morgan fingerprint density at radius 1 is 1.11 bits per heavy atom. The predicted molar refractivity (Wildman–Crippen MR) is 94.9 cm³/mol. The van der Waals surface area contributed by atoms with Crippen LogP contribution in [0.3, 0.4) is 0 Å². The molecule has 3 N–H and O–H groups in total. The fourth-order valence-electron chi connectivity index (χ4n) is 2.20. The van der Waals surface area contributed by atoms with Crippen molar-refractivity contribution in [2.24, 2.45) is 5.73 Å². The normalized spacial score (nSPS) is 11.0. The lowest BCUT2D eigenvalue weighted by atomic mass is 10.1. The number of carbonyl (C=O) groups is 2. The van der Waals surface area contributed by atoms with Gasteiger partial charge in [-0.15, -0.1) is 0 Å². The van der Waals surface area contributed by atoms with Crippen LogP contribution in [0.25, 0.3) is 0 Å². The smallest absolute Gasteiger partial charge is 0.418 e. The fraction of sp³-hybridized carbons (Fsp3) is 0.222. The Balaban J connectivity index is 2.07. The zero-order valence-electron chi connectivity index (χ0n) is 14.6. The van der Waals surface area contributed by atoms with Crippen LogP contribution in [0.15, 0.2) is 42.5 Å². The molecule has 27 heavy (non-hydrogen) atoms. The van der Waals surface area contributed by atoms with Gasteiger partial charge in [-0.05, 0) is 42.5 Å². The van der Waals surface area contributed by atoms with E-state index in [-0.39, 0.29) is 17.0 Å². The number of nitrogens with one attached hydrogen (secondary N) is 1. The van der Waals surface area contributed by atoms with Crippen molar-refractivity contribution in [2.75, 3.05) is 30.9 Å². The number of carbonyl (C=O) groups excluding carboxylic acids is 2. The Kier molecular flexibility index (Phi) is 5.94. The number of hydrogen-bond acceptors (Lipinski definition) is 4. The van der Waals surface area contributed by atoms with Crippen molar-refractivity contribution in [3.8, 4) is 5.75 Å². The van der Waals surface area contributed by atoms with Crippen LogP contribution in [0, 0.1) is 0 Å². The lowest BCUT2D eigenvalue weighted by Crippen LogP contribution is -2.23. The van der Waals surface area contributed by atoms with E-state index in [1.165, 1.54) is 41.3 Å². The van der Waals surface area contributed by atoms with Crippen molar-refractivity contribution >= 4 is 23.2 Å². The van der Waals surface area contributed by atoms with E-state index >= 15 is 0 Å². The Labute approximate surface area is 153 Å². The number of ether oxygens (including phenoxy) is 1. The molecule has 144 valence electrons. The van der Waals surface area contributed by atoms with Gasteiger partial charge in [0, 0.05) is 25.3 Å². The molecule has 2 aromatic carbocycles. The van der Waals surface area contributed by atoms with Gasteiger partial charge < -0.3 is 20.7 Å². The number of primary amides is 1. The number of amides is 2. The number of benzene rings is 2. The monoisotopic (exact) mass is 381 g/mol. The van der Waals surface area contributed by atoms with Gasteiger partial charge in [0.15, 0.2) is 6.61 Å². The van der Waals surface area contributed by atoms with Gasteiger partial charge >= 0.3 is 6.18 Å². The minimum absolute atomic E-state index is 0.266. The van der Waals surface area contributed by atoms with Crippen molar-refractivity contribution < 1.29 is 27.5 Å². The molecule has 0 saturated carbocycles. The average Bonchev–Trinajstić information content (AvgIpc) is 2.59. The Hall–Kier alpha value is -3.23. The van der Waals surface area contributed by atoms with Gasteiger partial charge in [0.2, 0.25) is 5.91 Å². The number of rotatable bonds is 6. The van der Waals surface area contributed by atoms with E-state index in [0.717, 1.165) is 6.07 Å². The van der Waals surface area contributed by atoms with Crippen LogP contribution in [-0.4, -0.2) is 32.5 Å². The summed E-state index contributed by atoms with van der Waals surface area (Å²) in [5, 5.41) is 2.21. The van der Waals surface area contributed by atoms with Gasteiger partial charge in [-0.3, -0.25) is 9.59 Å². The minimum atomic E-state index is -4.62. The van der Waals surface area contributed by atoms with Gasteiger partial charge in [0.05, 0.1) is 11.3 Å². The van der Waals surface area contributed by atoms with Gasteiger partial charge in [0.25, 0.3) is 5.91 Å². The Morgan fingerprint density at radius 3 is 2.26 bits per heavy atom. The summed E-state index contributed by atoms with van der Waals surface area (Å²) in [7, 11) is 3.23. The third-order valence-electron chi connectivity index (χ3n) is 3.61. The standard InChI is InChI=1S/C18H18F3N3O3/c1-24(2)12-5-8-15(14(9-12)18(19,20)21)23-16(25)10-27-13-6-3-11(4-7-13)17(22)26/h3-9H,10H2,1-2H3,(H2,22,26)(H,23,25). The SMILES string of the molecule is CN(C)c1ccc(NC(=O)COc2ccc(C(N)=O)cc2)c(C(F)(F)F)c1. The first kappa shape index (κ1) is 20.1. The maximum absolute atomic E-state index is 13.3. The first-order valence-electron chi connectivity index (χ1n) is 7.79. The van der Waals surface area contributed by atoms with Crippen LogP contribution in [0.1, 0.15) is 15.9 Å². The minimum Gasteiger partial charge on any atom is -0.484 e. The van der Waals surface area contributed by atoms with Crippen LogP contribution in [0.5, 0.6) is 5.75 Å². The molecular formula is C18H18F3N3O3. The number of alkyl halides is 3. The van der Waals surface area contributed by atoms with Crippen LogP contribution in [0.2, 0.25) is 0 Å². The van der Waals surface area contributed by atoms with Crippen molar-refractivity contribution in [2.45, 2.75) is 6.18 Å². The molecule has 0 atom stereocenters. The molecule has 0 bridgehead atoms. The van der Waals surface area contributed by atoms with Gasteiger partial charge in [-0.1, -0.05) is 0 Å². The zero-order valence-corrected chi connectivity index (χ0v) is 14.6. The quantitative estimate of drug-likeness (QED) is 0.806. The third kappa shape index (κ3) is 5.37. The molecule has 0 spiro atoms.